The molecule has 0 unspecified atom stereocenters. The lowest BCUT2D eigenvalue weighted by Crippen LogP contribution is -2.61. The second-order valence-electron chi connectivity index (χ2n) is 9.52. The Labute approximate surface area is 160 Å². The fourth-order valence-corrected chi connectivity index (χ4v) is 5.01. The van der Waals surface area contributed by atoms with Crippen LogP contribution in [0.25, 0.3) is 0 Å². The maximum atomic E-state index is 6.66. The maximum absolute atomic E-state index is 6.66. The van der Waals surface area contributed by atoms with Crippen molar-refractivity contribution >= 4 is 0 Å². The van der Waals surface area contributed by atoms with Gasteiger partial charge in [0.25, 0.3) is 0 Å². The van der Waals surface area contributed by atoms with Gasteiger partial charge in [0.1, 0.15) is 0 Å². The SMILES string of the molecule is CC1(C)OCCCOC23CCCCC2(CCCC3)OCCCOC1(C)C. The molecule has 0 aromatic carbocycles. The fraction of sp³-hybridized carbons (Fsp3) is 1.00. The van der Waals surface area contributed by atoms with E-state index in [1.54, 1.807) is 0 Å². The van der Waals surface area contributed by atoms with E-state index >= 15 is 0 Å². The van der Waals surface area contributed by atoms with E-state index in [2.05, 4.69) is 27.7 Å². The second-order valence-corrected chi connectivity index (χ2v) is 9.52. The zero-order valence-electron chi connectivity index (χ0n) is 17.5. The van der Waals surface area contributed by atoms with Crippen molar-refractivity contribution in [3.63, 3.8) is 0 Å². The van der Waals surface area contributed by atoms with Gasteiger partial charge in [-0.3, -0.25) is 0 Å². The molecule has 0 aromatic rings. The van der Waals surface area contributed by atoms with Crippen LogP contribution in [-0.4, -0.2) is 48.8 Å². The summed E-state index contributed by atoms with van der Waals surface area (Å²) in [5, 5.41) is 0. The van der Waals surface area contributed by atoms with Crippen molar-refractivity contribution in [1.82, 2.24) is 0 Å². The van der Waals surface area contributed by atoms with E-state index < -0.39 is 0 Å². The molecule has 4 heteroatoms. The van der Waals surface area contributed by atoms with Crippen LogP contribution in [0.3, 0.4) is 0 Å². The summed E-state index contributed by atoms with van der Waals surface area (Å²) in [5.41, 5.74) is -0.780. The van der Waals surface area contributed by atoms with E-state index in [9.17, 15) is 0 Å². The van der Waals surface area contributed by atoms with E-state index in [1.807, 2.05) is 0 Å². The second kappa shape index (κ2) is 8.06. The molecule has 2 saturated carbocycles. The van der Waals surface area contributed by atoms with Crippen LogP contribution in [0.2, 0.25) is 0 Å². The van der Waals surface area contributed by atoms with Gasteiger partial charge in [-0.05, 0) is 66.2 Å². The summed E-state index contributed by atoms with van der Waals surface area (Å²) in [5.74, 6) is 0. The van der Waals surface area contributed by atoms with E-state index in [1.165, 1.54) is 25.7 Å². The number of hydrogen-bond donors (Lipinski definition) is 0. The average molecular weight is 369 g/mol. The van der Waals surface area contributed by atoms with Gasteiger partial charge in [0.05, 0.1) is 22.4 Å². The first-order valence-corrected chi connectivity index (χ1v) is 10.9. The maximum Gasteiger partial charge on any atom is 0.0970 e. The van der Waals surface area contributed by atoms with Gasteiger partial charge in [-0.2, -0.15) is 0 Å². The van der Waals surface area contributed by atoms with Crippen molar-refractivity contribution in [2.75, 3.05) is 26.4 Å². The van der Waals surface area contributed by atoms with Crippen LogP contribution in [0.15, 0.2) is 0 Å². The Hall–Kier alpha value is -0.160. The predicted molar refractivity (Wildman–Crippen MR) is 104 cm³/mol. The zero-order valence-corrected chi connectivity index (χ0v) is 17.5. The van der Waals surface area contributed by atoms with E-state index in [0.717, 1.165) is 51.7 Å². The molecule has 2 aliphatic carbocycles. The third kappa shape index (κ3) is 3.99. The molecule has 0 amide bonds. The third-order valence-corrected chi connectivity index (χ3v) is 7.36. The Morgan fingerprint density at radius 2 is 0.731 bits per heavy atom. The molecule has 3 fully saturated rings. The lowest BCUT2D eigenvalue weighted by molar-refractivity contribution is -0.252. The first-order chi connectivity index (χ1) is 12.3. The van der Waals surface area contributed by atoms with Crippen molar-refractivity contribution in [3.05, 3.63) is 0 Å². The minimum atomic E-state index is -0.324. The van der Waals surface area contributed by atoms with Crippen molar-refractivity contribution in [2.24, 2.45) is 0 Å². The molecule has 1 aliphatic heterocycles. The Balaban J connectivity index is 1.73. The highest BCUT2D eigenvalue weighted by molar-refractivity contribution is 5.07. The first-order valence-electron chi connectivity index (χ1n) is 10.9. The number of rotatable bonds is 0. The van der Waals surface area contributed by atoms with Crippen LogP contribution >= 0.6 is 0 Å². The highest BCUT2D eigenvalue weighted by atomic mass is 16.6. The molecule has 0 N–H and O–H groups in total. The Morgan fingerprint density at radius 1 is 0.423 bits per heavy atom. The fourth-order valence-electron chi connectivity index (χ4n) is 5.01. The number of ether oxygens (including phenoxy) is 4. The van der Waals surface area contributed by atoms with Gasteiger partial charge < -0.3 is 18.9 Å². The molecule has 0 atom stereocenters. The molecule has 1 saturated heterocycles. The Bertz CT molecular complexity index is 403. The van der Waals surface area contributed by atoms with Crippen LogP contribution in [-0.2, 0) is 18.9 Å². The van der Waals surface area contributed by atoms with Crippen molar-refractivity contribution in [3.8, 4) is 0 Å². The molecule has 0 bridgehead atoms. The van der Waals surface area contributed by atoms with Gasteiger partial charge in [0.15, 0.2) is 0 Å². The summed E-state index contributed by atoms with van der Waals surface area (Å²) in [6.45, 7) is 11.5. The lowest BCUT2D eigenvalue weighted by atomic mass is 9.63. The van der Waals surface area contributed by atoms with E-state index in [-0.39, 0.29) is 22.4 Å². The topological polar surface area (TPSA) is 36.9 Å². The standard InChI is InChI=1S/C22H40O4/c1-19(2)20(3,4)24-16-10-18-26-22-13-7-5-11-21(22,12-6-8-14-22)25-17-9-15-23-19/h5-18H2,1-4H3. The predicted octanol–water partition coefficient (Wildman–Crippen LogP) is 5.03. The van der Waals surface area contributed by atoms with Crippen LogP contribution in [0.4, 0.5) is 0 Å². The minimum absolute atomic E-state index is 0.0662. The quantitative estimate of drug-likeness (QED) is 0.601. The first kappa shape index (κ1) is 20.6. The molecular formula is C22H40O4. The monoisotopic (exact) mass is 368 g/mol. The largest absolute Gasteiger partial charge is 0.373 e. The molecule has 0 radical (unpaired) electrons. The molecule has 1 heterocycles. The summed E-state index contributed by atoms with van der Waals surface area (Å²) in [4.78, 5) is 0. The molecule has 3 rings (SSSR count). The summed E-state index contributed by atoms with van der Waals surface area (Å²) in [7, 11) is 0. The summed E-state index contributed by atoms with van der Waals surface area (Å²) >= 11 is 0. The normalized spacial score (nSPS) is 39.2. The Kier molecular flexibility index (Phi) is 6.38. The number of hydrogen-bond acceptors (Lipinski definition) is 4. The third-order valence-electron chi connectivity index (χ3n) is 7.36. The molecule has 3 aliphatic rings. The van der Waals surface area contributed by atoms with E-state index in [4.69, 9.17) is 18.9 Å². The van der Waals surface area contributed by atoms with Gasteiger partial charge in [0, 0.05) is 26.4 Å². The smallest absolute Gasteiger partial charge is 0.0970 e. The molecular weight excluding hydrogens is 328 g/mol. The van der Waals surface area contributed by atoms with Gasteiger partial charge in [-0.1, -0.05) is 25.7 Å². The minimum Gasteiger partial charge on any atom is -0.373 e. The van der Waals surface area contributed by atoms with Crippen molar-refractivity contribution in [1.29, 1.82) is 0 Å². The highest BCUT2D eigenvalue weighted by Crippen LogP contribution is 2.51. The van der Waals surface area contributed by atoms with Crippen molar-refractivity contribution in [2.45, 2.75) is 114 Å². The van der Waals surface area contributed by atoms with Gasteiger partial charge in [-0.15, -0.1) is 0 Å². The van der Waals surface area contributed by atoms with Gasteiger partial charge >= 0.3 is 0 Å². The van der Waals surface area contributed by atoms with Gasteiger partial charge in [0.2, 0.25) is 0 Å². The molecule has 0 aromatic heterocycles. The van der Waals surface area contributed by atoms with Crippen LogP contribution < -0.4 is 0 Å². The molecule has 0 spiro atoms. The molecule has 26 heavy (non-hydrogen) atoms. The lowest BCUT2D eigenvalue weighted by Gasteiger charge is -2.56. The van der Waals surface area contributed by atoms with Crippen LogP contribution in [0.1, 0.15) is 91.9 Å². The Morgan fingerprint density at radius 3 is 1.08 bits per heavy atom. The summed E-state index contributed by atoms with van der Waals surface area (Å²) in [6.07, 6.45) is 11.6. The van der Waals surface area contributed by atoms with Crippen LogP contribution in [0.5, 0.6) is 0 Å². The average Bonchev–Trinajstić information content (AvgIpc) is 2.60. The summed E-state index contributed by atoms with van der Waals surface area (Å²) < 4.78 is 25.8. The van der Waals surface area contributed by atoms with Crippen LogP contribution in [0, 0.1) is 0 Å². The van der Waals surface area contributed by atoms with Gasteiger partial charge in [-0.25, -0.2) is 0 Å². The summed E-state index contributed by atoms with van der Waals surface area (Å²) in [6, 6.07) is 0. The molecule has 152 valence electrons. The highest BCUT2D eigenvalue weighted by Gasteiger charge is 2.55. The van der Waals surface area contributed by atoms with E-state index in [0.29, 0.717) is 13.2 Å². The van der Waals surface area contributed by atoms with Crippen molar-refractivity contribution < 1.29 is 18.9 Å². The molecule has 4 nitrogen and oxygen atoms in total. The zero-order chi connectivity index (χ0) is 18.7.